The molecule has 1 aliphatic rings. The Morgan fingerprint density at radius 2 is 1.75 bits per heavy atom. The van der Waals surface area contributed by atoms with E-state index >= 15 is 0 Å². The molecule has 0 amide bonds. The lowest BCUT2D eigenvalue weighted by Gasteiger charge is -2.49. The maximum Gasteiger partial charge on any atom is 0.334 e. The minimum Gasteiger partial charge on any atom is -0.494 e. The van der Waals surface area contributed by atoms with Crippen molar-refractivity contribution < 1.29 is 22.7 Å². The molecule has 8 heteroatoms. The number of esters is 1. The first-order chi connectivity index (χ1) is 15.2. The molecule has 0 saturated heterocycles. The average Bonchev–Trinajstić information content (AvgIpc) is 2.84. The van der Waals surface area contributed by atoms with Gasteiger partial charge in [0.2, 0.25) is 0 Å². The van der Waals surface area contributed by atoms with Crippen LogP contribution in [-0.4, -0.2) is 39.2 Å². The van der Waals surface area contributed by atoms with Crippen molar-refractivity contribution in [3.05, 3.63) is 66.9 Å². The molecule has 2 aromatic carbocycles. The summed E-state index contributed by atoms with van der Waals surface area (Å²) in [6.07, 6.45) is 1.09. The second kappa shape index (κ2) is 9.34. The molecule has 0 aliphatic carbocycles. The monoisotopic (exact) mass is 458 g/mol. The molecule has 7 nitrogen and oxygen atoms in total. The van der Waals surface area contributed by atoms with Gasteiger partial charge in [-0.05, 0) is 63.6 Å². The van der Waals surface area contributed by atoms with Gasteiger partial charge in [-0.2, -0.15) is 8.51 Å². The van der Waals surface area contributed by atoms with Gasteiger partial charge >= 0.3 is 5.97 Å². The largest absolute Gasteiger partial charge is 0.494 e. The number of ether oxygens (including phenoxy) is 2. The molecule has 1 aliphatic heterocycles. The van der Waals surface area contributed by atoms with Crippen LogP contribution in [0.2, 0.25) is 0 Å². The van der Waals surface area contributed by atoms with Crippen LogP contribution in [0.5, 0.6) is 11.5 Å². The lowest BCUT2D eigenvalue weighted by atomic mass is 9.79. The van der Waals surface area contributed by atoms with E-state index in [0.29, 0.717) is 18.1 Å². The van der Waals surface area contributed by atoms with E-state index in [0.717, 1.165) is 17.5 Å². The van der Waals surface area contributed by atoms with Crippen LogP contribution in [0.1, 0.15) is 33.3 Å². The van der Waals surface area contributed by atoms with Crippen LogP contribution in [-0.2, 0) is 27.3 Å². The topological polar surface area (TPSA) is 68.3 Å². The van der Waals surface area contributed by atoms with Crippen molar-refractivity contribution in [1.29, 1.82) is 0 Å². The molecule has 2 unspecified atom stereocenters. The molecule has 3 rings (SSSR count). The minimum absolute atomic E-state index is 0.219. The number of likely N-dealkylation sites (N-methyl/N-ethyl adjacent to an activating group) is 1. The van der Waals surface area contributed by atoms with Crippen LogP contribution < -0.4 is 13.8 Å². The molecule has 0 spiro atoms. The van der Waals surface area contributed by atoms with E-state index in [1.807, 2.05) is 57.0 Å². The molecule has 0 aromatic heterocycles. The molecule has 0 N–H and O–H groups in total. The smallest absolute Gasteiger partial charge is 0.334 e. The Kier molecular flexibility index (Phi) is 6.95. The molecule has 2 aromatic rings. The van der Waals surface area contributed by atoms with Gasteiger partial charge < -0.3 is 18.6 Å². The molecule has 0 radical (unpaired) electrons. The number of fused-ring (bicyclic) bond motifs is 1. The third-order valence-corrected chi connectivity index (χ3v) is 7.45. The molecule has 0 bridgehead atoms. The van der Waals surface area contributed by atoms with Crippen molar-refractivity contribution in [3.8, 4) is 11.5 Å². The van der Waals surface area contributed by atoms with Crippen molar-refractivity contribution >= 4 is 22.9 Å². The molecule has 0 fully saturated rings. The van der Waals surface area contributed by atoms with Crippen molar-refractivity contribution in [1.82, 2.24) is 4.31 Å². The Balaban J connectivity index is 2.05. The fraction of sp³-hybridized carbons (Fsp3) is 0.375. The Labute approximate surface area is 192 Å². The number of hydrogen-bond donors (Lipinski definition) is 0. The maximum atomic E-state index is 13.6. The van der Waals surface area contributed by atoms with E-state index in [9.17, 15) is 9.00 Å². The maximum absolute atomic E-state index is 13.6. The summed E-state index contributed by atoms with van der Waals surface area (Å²) in [6.45, 7) is 11.7. The van der Waals surface area contributed by atoms with E-state index in [1.165, 1.54) is 4.31 Å². The van der Waals surface area contributed by atoms with Gasteiger partial charge in [-0.3, -0.25) is 0 Å². The second-order valence-corrected chi connectivity index (χ2v) is 9.17. The highest BCUT2D eigenvalue weighted by Crippen LogP contribution is 2.43. The quantitative estimate of drug-likeness (QED) is 0.457. The van der Waals surface area contributed by atoms with Crippen LogP contribution in [0.25, 0.3) is 0 Å². The Morgan fingerprint density at radius 3 is 2.38 bits per heavy atom. The Hall–Kier alpha value is -2.84. The SMILES string of the molecule is C=COC(=O)C1(C)N(S(=O)Oc2ccc(OCC)cc2)Cc2ccccc2N(C)C1(C)C. The van der Waals surface area contributed by atoms with Gasteiger partial charge in [-0.25, -0.2) is 4.79 Å². The number of nitrogens with zero attached hydrogens (tertiary/aromatic N) is 2. The summed E-state index contributed by atoms with van der Waals surface area (Å²) in [5.41, 5.74) is -0.305. The highest BCUT2D eigenvalue weighted by molar-refractivity contribution is 7.78. The summed E-state index contributed by atoms with van der Waals surface area (Å²) < 4.78 is 31.6. The van der Waals surface area contributed by atoms with Crippen molar-refractivity contribution in [3.63, 3.8) is 0 Å². The van der Waals surface area contributed by atoms with E-state index in [2.05, 4.69) is 6.58 Å². The number of carbonyl (C=O) groups is 1. The summed E-state index contributed by atoms with van der Waals surface area (Å²) in [6, 6.07) is 14.7. The Bertz CT molecular complexity index is 1010. The predicted molar refractivity (Wildman–Crippen MR) is 126 cm³/mol. The molecule has 32 heavy (non-hydrogen) atoms. The highest BCUT2D eigenvalue weighted by atomic mass is 32.2. The van der Waals surface area contributed by atoms with Crippen molar-refractivity contribution in [2.45, 2.75) is 45.3 Å². The normalized spacial score (nSPS) is 21.1. The molecular formula is C24H30N2O5S. The van der Waals surface area contributed by atoms with Crippen molar-refractivity contribution in [2.75, 3.05) is 18.6 Å². The lowest BCUT2D eigenvalue weighted by Crippen LogP contribution is -2.69. The van der Waals surface area contributed by atoms with Gasteiger partial charge in [0.1, 0.15) is 11.5 Å². The molecule has 172 valence electrons. The van der Waals surface area contributed by atoms with Crippen LogP contribution >= 0.6 is 0 Å². The van der Waals surface area contributed by atoms with Crippen LogP contribution in [0.15, 0.2) is 61.4 Å². The van der Waals surface area contributed by atoms with Gasteiger partial charge in [0.05, 0.1) is 18.4 Å². The zero-order valence-corrected chi connectivity index (χ0v) is 20.0. The zero-order valence-electron chi connectivity index (χ0n) is 19.2. The van der Waals surface area contributed by atoms with E-state index in [-0.39, 0.29) is 6.54 Å². The zero-order chi connectivity index (χ0) is 23.5. The summed E-state index contributed by atoms with van der Waals surface area (Å²) in [5.74, 6) is 0.521. The van der Waals surface area contributed by atoms with Gasteiger partial charge in [-0.15, -0.1) is 0 Å². The van der Waals surface area contributed by atoms with Crippen LogP contribution in [0.3, 0.4) is 0 Å². The molecule has 1 heterocycles. The number of hydrogen-bond acceptors (Lipinski definition) is 6. The van der Waals surface area contributed by atoms with Crippen molar-refractivity contribution in [2.24, 2.45) is 0 Å². The first-order valence-corrected chi connectivity index (χ1v) is 11.4. The summed E-state index contributed by atoms with van der Waals surface area (Å²) in [5, 5.41) is 0. The van der Waals surface area contributed by atoms with Gasteiger partial charge in [0, 0.05) is 19.3 Å². The predicted octanol–water partition coefficient (Wildman–Crippen LogP) is 4.22. The second-order valence-electron chi connectivity index (χ2n) is 8.13. The molecular weight excluding hydrogens is 428 g/mol. The van der Waals surface area contributed by atoms with E-state index in [1.54, 1.807) is 31.2 Å². The molecule has 0 saturated carbocycles. The number of benzene rings is 2. The van der Waals surface area contributed by atoms with Crippen LogP contribution in [0.4, 0.5) is 5.69 Å². The number of carbonyl (C=O) groups excluding carboxylic acids is 1. The summed E-state index contributed by atoms with van der Waals surface area (Å²) >= 11 is -2.01. The first kappa shape index (κ1) is 23.8. The minimum atomic E-state index is -2.01. The Morgan fingerprint density at radius 1 is 1.12 bits per heavy atom. The number of para-hydroxylation sites is 1. The number of rotatable bonds is 7. The fourth-order valence-corrected chi connectivity index (χ4v) is 5.05. The summed E-state index contributed by atoms with van der Waals surface area (Å²) in [7, 11) is 1.91. The third kappa shape index (κ3) is 4.12. The van der Waals surface area contributed by atoms with Gasteiger partial charge in [0.25, 0.3) is 11.3 Å². The first-order valence-electron chi connectivity index (χ1n) is 10.4. The average molecular weight is 459 g/mol. The summed E-state index contributed by atoms with van der Waals surface area (Å²) in [4.78, 5) is 15.3. The van der Waals surface area contributed by atoms with E-state index < -0.39 is 28.3 Å². The highest BCUT2D eigenvalue weighted by Gasteiger charge is 2.59. The molecule has 2 atom stereocenters. The van der Waals surface area contributed by atoms with Gasteiger partial charge in [-0.1, -0.05) is 24.8 Å². The van der Waals surface area contributed by atoms with E-state index in [4.69, 9.17) is 13.7 Å². The fourth-order valence-electron chi connectivity index (χ4n) is 3.85. The standard InChI is InChI=1S/C24H30N2O5S/c1-7-29-19-13-15-20(16-14-19)31-32(28)26-17-18-11-9-10-12-21(18)25(6)23(3,4)24(26,5)22(27)30-8-2/h8-16H,2,7,17H2,1,3-6H3. The van der Waals surface area contributed by atoms with Crippen LogP contribution in [0, 0.1) is 0 Å². The van der Waals surface area contributed by atoms with Gasteiger partial charge in [0.15, 0.2) is 5.54 Å². The third-order valence-electron chi connectivity index (χ3n) is 6.27. The number of anilines is 1. The lowest BCUT2D eigenvalue weighted by molar-refractivity contribution is -0.152.